The van der Waals surface area contributed by atoms with Gasteiger partial charge in [-0.1, -0.05) is 11.6 Å². The average Bonchev–Trinajstić information content (AvgIpc) is 2.67. The van der Waals surface area contributed by atoms with Gasteiger partial charge >= 0.3 is 0 Å². The van der Waals surface area contributed by atoms with Gasteiger partial charge in [-0.15, -0.1) is 0 Å². The summed E-state index contributed by atoms with van der Waals surface area (Å²) in [5.41, 5.74) is 1.60. The normalized spacial score (nSPS) is 20.1. The summed E-state index contributed by atoms with van der Waals surface area (Å²) < 4.78 is 7.31. The van der Waals surface area contributed by atoms with Crippen molar-refractivity contribution in [2.75, 3.05) is 6.61 Å². The molecule has 1 aromatic rings. The number of carbonyl (C=O) groups is 1. The Balaban J connectivity index is 2.10. The highest BCUT2D eigenvalue weighted by Crippen LogP contribution is 2.23. The van der Waals surface area contributed by atoms with Gasteiger partial charge in [0.2, 0.25) is 0 Å². The lowest BCUT2D eigenvalue weighted by Crippen LogP contribution is -2.30. The minimum Gasteiger partial charge on any atom is -0.370 e. The topological polar surface area (TPSA) is 44.1 Å². The summed E-state index contributed by atoms with van der Waals surface area (Å²) in [6, 6.07) is 0. The Kier molecular flexibility index (Phi) is 4.40. The van der Waals surface area contributed by atoms with Crippen LogP contribution in [-0.4, -0.2) is 28.3 Å². The molecule has 1 saturated heterocycles. The number of Topliss-reactive ketones (excluding diaryl/α,β-unsaturated/α-hetero) is 1. The second-order valence-electron chi connectivity index (χ2n) is 4.66. The Labute approximate surface area is 112 Å². The molecule has 100 valence electrons. The van der Waals surface area contributed by atoms with Gasteiger partial charge in [0.15, 0.2) is 5.78 Å². The van der Waals surface area contributed by atoms with Crippen LogP contribution in [0.3, 0.4) is 0 Å². The van der Waals surface area contributed by atoms with Crippen LogP contribution in [0, 0.1) is 6.92 Å². The second-order valence-corrected chi connectivity index (χ2v) is 5.04. The molecule has 0 spiro atoms. The Hall–Kier alpha value is -0.870. The lowest BCUT2D eigenvalue weighted by atomic mass is 10.0. The number of nitrogens with zero attached hydrogens (tertiary/aromatic N) is 2. The number of ketones is 1. The van der Waals surface area contributed by atoms with Crippen LogP contribution < -0.4 is 0 Å². The van der Waals surface area contributed by atoms with Gasteiger partial charge in [0.1, 0.15) is 6.10 Å². The van der Waals surface area contributed by atoms with Gasteiger partial charge in [-0.3, -0.25) is 9.48 Å². The van der Waals surface area contributed by atoms with Gasteiger partial charge in [0.25, 0.3) is 0 Å². The molecular weight excluding hydrogens is 252 g/mol. The maximum absolute atomic E-state index is 12.2. The first-order valence-electron chi connectivity index (χ1n) is 6.49. The lowest BCUT2D eigenvalue weighted by Gasteiger charge is -2.21. The number of halogens is 1. The molecule has 1 fully saturated rings. The van der Waals surface area contributed by atoms with E-state index in [9.17, 15) is 4.79 Å². The highest BCUT2D eigenvalue weighted by atomic mass is 35.5. The first-order valence-corrected chi connectivity index (χ1v) is 6.87. The molecule has 2 rings (SSSR count). The van der Waals surface area contributed by atoms with E-state index in [0.717, 1.165) is 37.2 Å². The van der Waals surface area contributed by atoms with Gasteiger partial charge in [-0.05, 0) is 33.1 Å². The molecule has 0 bridgehead atoms. The number of aryl methyl sites for hydroxylation is 2. The van der Waals surface area contributed by atoms with E-state index in [-0.39, 0.29) is 11.9 Å². The van der Waals surface area contributed by atoms with Gasteiger partial charge in [-0.2, -0.15) is 5.10 Å². The zero-order chi connectivity index (χ0) is 13.1. The van der Waals surface area contributed by atoms with Crippen molar-refractivity contribution in [2.24, 2.45) is 0 Å². The average molecular weight is 271 g/mol. The van der Waals surface area contributed by atoms with Crippen LogP contribution in [0.5, 0.6) is 0 Å². The summed E-state index contributed by atoms with van der Waals surface area (Å²) in [6.45, 7) is 5.27. The molecule has 0 N–H and O–H groups in total. The Morgan fingerprint density at radius 3 is 2.94 bits per heavy atom. The summed E-state index contributed by atoms with van der Waals surface area (Å²) in [7, 11) is 0. The number of ether oxygens (including phenoxy) is 1. The quantitative estimate of drug-likeness (QED) is 0.845. The van der Waals surface area contributed by atoms with E-state index in [1.165, 1.54) is 0 Å². The Bertz CT molecular complexity index is 436. The summed E-state index contributed by atoms with van der Waals surface area (Å²) in [4.78, 5) is 12.2. The van der Waals surface area contributed by atoms with E-state index in [1.54, 1.807) is 4.68 Å². The van der Waals surface area contributed by atoms with Crippen LogP contribution >= 0.6 is 11.6 Å². The molecule has 18 heavy (non-hydrogen) atoms. The van der Waals surface area contributed by atoms with E-state index in [0.29, 0.717) is 18.1 Å². The van der Waals surface area contributed by atoms with Crippen molar-refractivity contribution in [3.8, 4) is 0 Å². The van der Waals surface area contributed by atoms with E-state index in [2.05, 4.69) is 5.10 Å². The molecule has 1 aromatic heterocycles. The highest BCUT2D eigenvalue weighted by molar-refractivity contribution is 6.32. The molecule has 1 unspecified atom stereocenters. The standard InChI is InChI=1S/C13H19ClN2O2/c1-3-16-10(13(14)9(2)15-16)8-11(17)12-6-4-5-7-18-12/h12H,3-8H2,1-2H3. The zero-order valence-electron chi connectivity index (χ0n) is 10.9. The minimum atomic E-state index is -0.254. The van der Waals surface area contributed by atoms with Crippen LogP contribution in [0.4, 0.5) is 0 Å². The van der Waals surface area contributed by atoms with Gasteiger partial charge in [0, 0.05) is 13.2 Å². The first-order chi connectivity index (χ1) is 8.63. The molecule has 1 aliphatic heterocycles. The number of carbonyl (C=O) groups excluding carboxylic acids is 1. The molecule has 2 heterocycles. The maximum atomic E-state index is 12.2. The third-order valence-corrected chi connectivity index (χ3v) is 3.82. The van der Waals surface area contributed by atoms with E-state index < -0.39 is 0 Å². The van der Waals surface area contributed by atoms with Crippen molar-refractivity contribution in [3.63, 3.8) is 0 Å². The molecule has 5 heteroatoms. The monoisotopic (exact) mass is 270 g/mol. The number of aromatic nitrogens is 2. The number of rotatable bonds is 4. The van der Waals surface area contributed by atoms with Crippen LogP contribution in [0.2, 0.25) is 5.02 Å². The fourth-order valence-corrected chi connectivity index (χ4v) is 2.51. The van der Waals surface area contributed by atoms with E-state index in [1.807, 2.05) is 13.8 Å². The molecular formula is C13H19ClN2O2. The highest BCUT2D eigenvalue weighted by Gasteiger charge is 2.24. The van der Waals surface area contributed by atoms with Crippen molar-refractivity contribution < 1.29 is 9.53 Å². The molecule has 0 aliphatic carbocycles. The fraction of sp³-hybridized carbons (Fsp3) is 0.692. The molecule has 1 atom stereocenters. The molecule has 0 amide bonds. The summed E-state index contributed by atoms with van der Waals surface area (Å²) in [5, 5.41) is 4.93. The predicted octanol–water partition coefficient (Wildman–Crippen LogP) is 2.55. The third kappa shape index (κ3) is 2.75. The van der Waals surface area contributed by atoms with Crippen molar-refractivity contribution >= 4 is 17.4 Å². The summed E-state index contributed by atoms with van der Waals surface area (Å²) >= 11 is 6.20. The lowest BCUT2D eigenvalue weighted by molar-refractivity contribution is -0.132. The fourth-order valence-electron chi connectivity index (χ4n) is 2.31. The van der Waals surface area contributed by atoms with Gasteiger partial charge < -0.3 is 4.74 Å². The van der Waals surface area contributed by atoms with Crippen LogP contribution in [0.15, 0.2) is 0 Å². The van der Waals surface area contributed by atoms with Crippen LogP contribution in [0.25, 0.3) is 0 Å². The largest absolute Gasteiger partial charge is 0.370 e. The van der Waals surface area contributed by atoms with Crippen molar-refractivity contribution in [1.82, 2.24) is 9.78 Å². The molecule has 4 nitrogen and oxygen atoms in total. The molecule has 0 saturated carbocycles. The Morgan fingerprint density at radius 1 is 1.56 bits per heavy atom. The zero-order valence-corrected chi connectivity index (χ0v) is 11.7. The summed E-state index contributed by atoms with van der Waals surface area (Å²) in [6.07, 6.45) is 3.01. The van der Waals surface area contributed by atoms with E-state index >= 15 is 0 Å². The smallest absolute Gasteiger partial charge is 0.167 e. The second kappa shape index (κ2) is 5.85. The number of hydrogen-bond donors (Lipinski definition) is 0. The van der Waals surface area contributed by atoms with Crippen molar-refractivity contribution in [1.29, 1.82) is 0 Å². The SMILES string of the molecule is CCn1nc(C)c(Cl)c1CC(=O)C1CCCCO1. The maximum Gasteiger partial charge on any atom is 0.167 e. The number of hydrogen-bond acceptors (Lipinski definition) is 3. The molecule has 0 aromatic carbocycles. The van der Waals surface area contributed by atoms with Gasteiger partial charge in [-0.25, -0.2) is 0 Å². The minimum absolute atomic E-state index is 0.117. The van der Waals surface area contributed by atoms with Crippen molar-refractivity contribution in [3.05, 3.63) is 16.4 Å². The molecule has 1 aliphatic rings. The van der Waals surface area contributed by atoms with Crippen LogP contribution in [-0.2, 0) is 22.5 Å². The van der Waals surface area contributed by atoms with E-state index in [4.69, 9.17) is 16.3 Å². The van der Waals surface area contributed by atoms with Crippen LogP contribution in [0.1, 0.15) is 37.6 Å². The predicted molar refractivity (Wildman–Crippen MR) is 70.0 cm³/mol. The first kappa shape index (κ1) is 13.6. The molecule has 0 radical (unpaired) electrons. The van der Waals surface area contributed by atoms with Gasteiger partial charge in [0.05, 0.1) is 22.8 Å². The van der Waals surface area contributed by atoms with Crippen molar-refractivity contribution in [2.45, 2.75) is 52.2 Å². The summed E-state index contributed by atoms with van der Waals surface area (Å²) in [5.74, 6) is 0.117. The Morgan fingerprint density at radius 2 is 2.33 bits per heavy atom. The third-order valence-electron chi connectivity index (χ3n) is 3.33.